The summed E-state index contributed by atoms with van der Waals surface area (Å²) in [6, 6.07) is 25.0. The summed E-state index contributed by atoms with van der Waals surface area (Å²) < 4.78 is 5.28. The molecule has 0 aliphatic carbocycles. The van der Waals surface area contributed by atoms with Crippen LogP contribution in [0.1, 0.15) is 33.2 Å². The van der Waals surface area contributed by atoms with Crippen LogP contribution in [0.5, 0.6) is 5.75 Å². The number of rotatable bonds is 5. The highest BCUT2D eigenvalue weighted by molar-refractivity contribution is 6.30. The fourth-order valence-electron chi connectivity index (χ4n) is 4.13. The Kier molecular flexibility index (Phi) is 4.96. The van der Waals surface area contributed by atoms with Crippen molar-refractivity contribution in [2.75, 3.05) is 7.11 Å². The lowest BCUT2D eigenvalue weighted by Crippen LogP contribution is -2.29. The van der Waals surface area contributed by atoms with E-state index in [0.29, 0.717) is 17.3 Å². The van der Waals surface area contributed by atoms with Gasteiger partial charge in [-0.15, -0.1) is 0 Å². The van der Waals surface area contributed by atoms with E-state index in [0.717, 1.165) is 33.7 Å². The molecule has 3 aromatic carbocycles. The summed E-state index contributed by atoms with van der Waals surface area (Å²) in [4.78, 5) is 15.3. The zero-order valence-corrected chi connectivity index (χ0v) is 17.6. The van der Waals surface area contributed by atoms with Crippen molar-refractivity contribution in [3.05, 3.63) is 106 Å². The highest BCUT2D eigenvalue weighted by Gasteiger charge is 2.42. The van der Waals surface area contributed by atoms with Gasteiger partial charge in [0.1, 0.15) is 11.4 Å². The summed E-state index contributed by atoms with van der Waals surface area (Å²) in [6.45, 7) is 0.488. The summed E-state index contributed by atoms with van der Waals surface area (Å²) in [5.74, 6) is 0.695. The minimum absolute atomic E-state index is 0.0731. The van der Waals surface area contributed by atoms with Crippen LogP contribution in [0.25, 0.3) is 11.3 Å². The van der Waals surface area contributed by atoms with E-state index in [-0.39, 0.29) is 11.9 Å². The van der Waals surface area contributed by atoms with E-state index >= 15 is 0 Å². The van der Waals surface area contributed by atoms with Gasteiger partial charge >= 0.3 is 0 Å². The predicted molar refractivity (Wildman–Crippen MR) is 120 cm³/mol. The number of benzene rings is 3. The lowest BCUT2D eigenvalue weighted by Gasteiger charge is -2.26. The first-order valence-corrected chi connectivity index (χ1v) is 10.4. The largest absolute Gasteiger partial charge is 0.497 e. The Hall–Kier alpha value is -3.57. The number of nitrogens with one attached hydrogen (secondary N) is 1. The molecule has 0 saturated heterocycles. The fourth-order valence-corrected chi connectivity index (χ4v) is 4.33. The number of hydrogen-bond donors (Lipinski definition) is 1. The quantitative estimate of drug-likeness (QED) is 0.456. The molecule has 1 unspecified atom stereocenters. The van der Waals surface area contributed by atoms with Crippen molar-refractivity contribution in [1.29, 1.82) is 0 Å². The maximum Gasteiger partial charge on any atom is 0.273 e. The highest BCUT2D eigenvalue weighted by Crippen LogP contribution is 2.44. The van der Waals surface area contributed by atoms with Gasteiger partial charge in [0.2, 0.25) is 0 Å². The third-order valence-electron chi connectivity index (χ3n) is 5.59. The summed E-state index contributed by atoms with van der Waals surface area (Å²) in [7, 11) is 1.64. The molecule has 154 valence electrons. The number of carbonyl (C=O) groups is 1. The molecule has 1 amide bonds. The Bertz CT molecular complexity index is 1240. The van der Waals surface area contributed by atoms with E-state index in [9.17, 15) is 4.79 Å². The normalized spacial score (nSPS) is 15.2. The average Bonchev–Trinajstić information content (AvgIpc) is 3.34. The molecule has 1 N–H and O–H groups in total. The van der Waals surface area contributed by atoms with Crippen molar-refractivity contribution >= 4 is 17.5 Å². The minimum atomic E-state index is -0.294. The zero-order chi connectivity index (χ0) is 21.4. The second-order valence-electron chi connectivity index (χ2n) is 7.47. The van der Waals surface area contributed by atoms with Gasteiger partial charge in [0.25, 0.3) is 5.91 Å². The number of aromatic nitrogens is 2. The molecule has 0 saturated carbocycles. The third kappa shape index (κ3) is 3.47. The minimum Gasteiger partial charge on any atom is -0.497 e. The Labute approximate surface area is 185 Å². The molecule has 2 heterocycles. The maximum atomic E-state index is 13.4. The summed E-state index contributed by atoms with van der Waals surface area (Å²) in [5.41, 5.74) is 5.07. The molecule has 5 nitrogen and oxygen atoms in total. The molecule has 31 heavy (non-hydrogen) atoms. The SMILES string of the molecule is COc1ccc(-c2n[nH]c3c2C(c2cccc(Cl)c2)N(Cc2ccccc2)C3=O)cc1. The fraction of sp³-hybridized carbons (Fsp3) is 0.120. The molecule has 1 aliphatic heterocycles. The lowest BCUT2D eigenvalue weighted by atomic mass is 9.96. The van der Waals surface area contributed by atoms with E-state index in [1.807, 2.05) is 83.8 Å². The molecule has 1 aromatic heterocycles. The van der Waals surface area contributed by atoms with Crippen molar-refractivity contribution in [2.45, 2.75) is 12.6 Å². The van der Waals surface area contributed by atoms with Gasteiger partial charge in [0.15, 0.2) is 0 Å². The molecule has 0 bridgehead atoms. The number of hydrogen-bond acceptors (Lipinski definition) is 3. The summed E-state index contributed by atoms with van der Waals surface area (Å²) >= 11 is 6.32. The van der Waals surface area contributed by atoms with Gasteiger partial charge in [-0.3, -0.25) is 9.89 Å². The molecule has 6 heteroatoms. The van der Waals surface area contributed by atoms with Crippen LogP contribution in [0.4, 0.5) is 0 Å². The standard InChI is InChI=1S/C25H20ClN3O2/c1-31-20-12-10-17(11-13-20)22-21-23(28-27-22)25(30)29(15-16-6-3-2-4-7-16)24(21)18-8-5-9-19(26)14-18/h2-14,24H,15H2,1H3,(H,27,28). The maximum absolute atomic E-state index is 13.4. The van der Waals surface area contributed by atoms with Gasteiger partial charge in [0.05, 0.1) is 18.8 Å². The molecule has 0 fully saturated rings. The molecular weight excluding hydrogens is 410 g/mol. The first-order chi connectivity index (χ1) is 15.2. The first-order valence-electron chi connectivity index (χ1n) is 9.99. The number of aromatic amines is 1. The second-order valence-corrected chi connectivity index (χ2v) is 7.90. The van der Waals surface area contributed by atoms with E-state index in [4.69, 9.17) is 16.3 Å². The molecule has 1 aliphatic rings. The van der Waals surface area contributed by atoms with Gasteiger partial charge in [-0.2, -0.15) is 5.10 Å². The molecule has 0 spiro atoms. The smallest absolute Gasteiger partial charge is 0.273 e. The van der Waals surface area contributed by atoms with Crippen LogP contribution in [0, 0.1) is 0 Å². The van der Waals surface area contributed by atoms with Crippen LogP contribution in [-0.4, -0.2) is 28.1 Å². The number of nitrogens with zero attached hydrogens (tertiary/aromatic N) is 2. The molecule has 4 aromatic rings. The van der Waals surface area contributed by atoms with Gasteiger partial charge in [-0.05, 0) is 47.5 Å². The van der Waals surface area contributed by atoms with E-state index in [1.165, 1.54) is 0 Å². The summed E-state index contributed by atoms with van der Waals surface area (Å²) in [6.07, 6.45) is 0. The second kappa shape index (κ2) is 7.93. The van der Waals surface area contributed by atoms with Crippen LogP contribution in [-0.2, 0) is 6.54 Å². The lowest BCUT2D eigenvalue weighted by molar-refractivity contribution is 0.0730. The van der Waals surface area contributed by atoms with Gasteiger partial charge < -0.3 is 9.64 Å². The Balaban J connectivity index is 1.64. The Morgan fingerprint density at radius 3 is 2.52 bits per heavy atom. The van der Waals surface area contributed by atoms with Crippen molar-refractivity contribution in [2.24, 2.45) is 0 Å². The van der Waals surface area contributed by atoms with Crippen molar-refractivity contribution < 1.29 is 9.53 Å². The molecule has 5 rings (SSSR count). The van der Waals surface area contributed by atoms with Crippen LogP contribution in [0.2, 0.25) is 5.02 Å². The van der Waals surface area contributed by atoms with Crippen molar-refractivity contribution in [3.63, 3.8) is 0 Å². The predicted octanol–water partition coefficient (Wildman–Crippen LogP) is 5.48. The number of methoxy groups -OCH3 is 1. The topological polar surface area (TPSA) is 58.2 Å². The number of amides is 1. The number of H-pyrrole nitrogens is 1. The average molecular weight is 430 g/mol. The van der Waals surface area contributed by atoms with Crippen LogP contribution < -0.4 is 4.74 Å². The van der Waals surface area contributed by atoms with E-state index in [2.05, 4.69) is 10.2 Å². The molecule has 1 atom stereocenters. The Morgan fingerprint density at radius 1 is 1.03 bits per heavy atom. The number of carbonyl (C=O) groups excluding carboxylic acids is 1. The van der Waals surface area contributed by atoms with E-state index in [1.54, 1.807) is 7.11 Å². The number of fused-ring (bicyclic) bond motifs is 1. The van der Waals surface area contributed by atoms with Crippen molar-refractivity contribution in [1.82, 2.24) is 15.1 Å². The highest BCUT2D eigenvalue weighted by atomic mass is 35.5. The summed E-state index contributed by atoms with van der Waals surface area (Å²) in [5, 5.41) is 8.13. The number of ether oxygens (including phenoxy) is 1. The van der Waals surface area contributed by atoms with Gasteiger partial charge in [-0.1, -0.05) is 54.1 Å². The monoisotopic (exact) mass is 429 g/mol. The van der Waals surface area contributed by atoms with Crippen LogP contribution in [0.15, 0.2) is 78.9 Å². The van der Waals surface area contributed by atoms with Gasteiger partial charge in [0, 0.05) is 22.7 Å². The molecule has 0 radical (unpaired) electrons. The molecular formula is C25H20ClN3O2. The van der Waals surface area contributed by atoms with E-state index < -0.39 is 0 Å². The Morgan fingerprint density at radius 2 is 1.81 bits per heavy atom. The first kappa shape index (κ1) is 19.4. The number of halogens is 1. The van der Waals surface area contributed by atoms with Crippen LogP contribution in [0.3, 0.4) is 0 Å². The van der Waals surface area contributed by atoms with Gasteiger partial charge in [-0.25, -0.2) is 0 Å². The van der Waals surface area contributed by atoms with Crippen molar-refractivity contribution in [3.8, 4) is 17.0 Å². The third-order valence-corrected chi connectivity index (χ3v) is 5.82. The van der Waals surface area contributed by atoms with Crippen LogP contribution >= 0.6 is 11.6 Å². The zero-order valence-electron chi connectivity index (χ0n) is 16.9.